The quantitative estimate of drug-likeness (QED) is 0.175. The van der Waals surface area contributed by atoms with Gasteiger partial charge in [-0.15, -0.1) is 0 Å². The lowest BCUT2D eigenvalue weighted by Gasteiger charge is -2.18. The Morgan fingerprint density at radius 2 is 1.21 bits per heavy atom. The fourth-order valence-corrected chi connectivity index (χ4v) is 2.94. The second-order valence-corrected chi connectivity index (χ2v) is 7.27. The van der Waals surface area contributed by atoms with E-state index in [0.29, 0.717) is 38.8 Å². The number of allylic oxidation sites excluding steroid dienone is 6. The predicted octanol–water partition coefficient (Wildman–Crippen LogP) is 1.60. The van der Waals surface area contributed by atoms with Crippen molar-refractivity contribution in [1.29, 1.82) is 10.5 Å². The highest BCUT2D eigenvalue weighted by atomic mass is 16.3. The fourth-order valence-electron chi connectivity index (χ4n) is 2.94. The summed E-state index contributed by atoms with van der Waals surface area (Å²) in [6.07, 6.45) is 11.2. The molecule has 0 fully saturated rings. The van der Waals surface area contributed by atoms with Crippen molar-refractivity contribution in [2.45, 2.75) is 45.6 Å². The second-order valence-electron chi connectivity index (χ2n) is 7.27. The molecule has 0 rings (SSSR count). The summed E-state index contributed by atoms with van der Waals surface area (Å²) in [7, 11) is 0. The van der Waals surface area contributed by atoms with Crippen LogP contribution >= 0.6 is 0 Å². The first kappa shape index (κ1) is 30.8. The Morgan fingerprint density at radius 3 is 1.50 bits per heavy atom. The van der Waals surface area contributed by atoms with Crippen LogP contribution in [0.2, 0.25) is 0 Å². The molecule has 9 heteroatoms. The Morgan fingerprint density at radius 1 is 0.824 bits per heavy atom. The third kappa shape index (κ3) is 12.1. The minimum absolute atomic E-state index is 0.0149. The number of carbonyl (C=O) groups is 2. The maximum absolute atomic E-state index is 12.2. The summed E-state index contributed by atoms with van der Waals surface area (Å²) in [6.45, 7) is 4.33. The van der Waals surface area contributed by atoms with Crippen LogP contribution in [0.5, 0.6) is 0 Å². The van der Waals surface area contributed by atoms with Gasteiger partial charge < -0.3 is 25.1 Å². The minimum atomic E-state index is -0.545. The predicted molar refractivity (Wildman–Crippen MR) is 129 cm³/mol. The van der Waals surface area contributed by atoms with E-state index in [-0.39, 0.29) is 37.4 Å². The number of carbonyl (C=O) groups excluding carboxylic acids is 2. The summed E-state index contributed by atoms with van der Waals surface area (Å²) < 4.78 is 0. The number of nitriles is 2. The second kappa shape index (κ2) is 19.2. The smallest absolute Gasteiger partial charge is 0.264 e. The number of rotatable bonds is 16. The van der Waals surface area contributed by atoms with Crippen molar-refractivity contribution >= 4 is 11.8 Å². The van der Waals surface area contributed by atoms with E-state index >= 15 is 0 Å². The van der Waals surface area contributed by atoms with Crippen molar-refractivity contribution in [1.82, 2.24) is 9.80 Å². The summed E-state index contributed by atoms with van der Waals surface area (Å²) >= 11 is 0. The maximum atomic E-state index is 12.2. The Kier molecular flexibility index (Phi) is 17.4. The monoisotopic (exact) mass is 472 g/mol. The zero-order valence-electron chi connectivity index (χ0n) is 20.1. The van der Waals surface area contributed by atoms with Crippen LogP contribution in [0.4, 0.5) is 0 Å². The molecule has 186 valence electrons. The van der Waals surface area contributed by atoms with Gasteiger partial charge >= 0.3 is 0 Å². The molecule has 0 spiro atoms. The van der Waals surface area contributed by atoms with E-state index in [4.69, 9.17) is 10.2 Å². The summed E-state index contributed by atoms with van der Waals surface area (Å²) in [5.41, 5.74) is -0.0298. The molecule has 0 saturated heterocycles. The first-order valence-electron chi connectivity index (χ1n) is 11.4. The van der Waals surface area contributed by atoms with Gasteiger partial charge in [0.1, 0.15) is 23.3 Å². The lowest BCUT2D eigenvalue weighted by molar-refractivity contribution is -0.127. The van der Waals surface area contributed by atoms with Gasteiger partial charge in [0.15, 0.2) is 0 Å². The summed E-state index contributed by atoms with van der Waals surface area (Å²) in [6, 6.07) is 3.74. The number of likely N-dealkylation sites (N-methyl/N-ethyl adjacent to an activating group) is 2. The largest absolute Gasteiger partial charge is 0.395 e. The van der Waals surface area contributed by atoms with E-state index in [2.05, 4.69) is 0 Å². The molecule has 0 heterocycles. The molecule has 34 heavy (non-hydrogen) atoms. The Bertz CT molecular complexity index is 765. The molecule has 0 atom stereocenters. The van der Waals surface area contributed by atoms with Crippen LogP contribution < -0.4 is 0 Å². The van der Waals surface area contributed by atoms with E-state index in [1.165, 1.54) is 22.0 Å². The van der Waals surface area contributed by atoms with Gasteiger partial charge in [-0.1, -0.05) is 24.3 Å². The number of amides is 2. The van der Waals surface area contributed by atoms with Crippen LogP contribution in [0.25, 0.3) is 0 Å². The average Bonchev–Trinajstić information content (AvgIpc) is 2.84. The average molecular weight is 473 g/mol. The Hall–Kier alpha value is -3.24. The summed E-state index contributed by atoms with van der Waals surface area (Å²) in [5.74, 6) is -0.858. The number of hydrogen-bond donors (Lipinski definition) is 3. The number of aliphatic hydroxyl groups excluding tert-OH is 3. The van der Waals surface area contributed by atoms with Gasteiger partial charge in [-0.3, -0.25) is 9.59 Å². The van der Waals surface area contributed by atoms with Crippen molar-refractivity contribution in [2.24, 2.45) is 0 Å². The van der Waals surface area contributed by atoms with Crippen LogP contribution in [0.3, 0.4) is 0 Å². The maximum Gasteiger partial charge on any atom is 0.264 e. The molecule has 0 aliphatic heterocycles. The molecule has 9 nitrogen and oxygen atoms in total. The highest BCUT2D eigenvalue weighted by molar-refractivity contribution is 5.98. The molecule has 0 bridgehead atoms. The van der Waals surface area contributed by atoms with Crippen LogP contribution in [-0.4, -0.2) is 82.4 Å². The van der Waals surface area contributed by atoms with Crippen LogP contribution in [0.15, 0.2) is 47.6 Å². The number of hydrogen-bond acceptors (Lipinski definition) is 7. The third-order valence-corrected chi connectivity index (χ3v) is 4.91. The molecule has 3 N–H and O–H groups in total. The van der Waals surface area contributed by atoms with Crippen molar-refractivity contribution in [3.8, 4) is 12.1 Å². The Labute approximate surface area is 202 Å². The van der Waals surface area contributed by atoms with E-state index in [1.807, 2.05) is 12.1 Å². The van der Waals surface area contributed by atoms with E-state index in [0.717, 1.165) is 0 Å². The molecule has 0 unspecified atom stereocenters. The summed E-state index contributed by atoms with van der Waals surface area (Å²) in [5, 5.41) is 46.4. The Balaban J connectivity index is 4.56. The minimum Gasteiger partial charge on any atom is -0.395 e. The third-order valence-electron chi connectivity index (χ3n) is 4.91. The van der Waals surface area contributed by atoms with Gasteiger partial charge in [0.2, 0.25) is 0 Å². The molecule has 0 aliphatic carbocycles. The van der Waals surface area contributed by atoms with Crippen molar-refractivity contribution in [3.05, 3.63) is 47.6 Å². The zero-order valence-corrected chi connectivity index (χ0v) is 20.1. The molecule has 0 aromatic rings. The highest BCUT2D eigenvalue weighted by Gasteiger charge is 2.16. The number of nitrogens with zero attached hydrogens (tertiary/aromatic N) is 4. The van der Waals surface area contributed by atoms with E-state index in [9.17, 15) is 25.2 Å². The standard InChI is InChI=1S/C25H36N4O5/c1-3-28(15-17-30)24(33)21(19-26)11-7-5-9-13-23(32)14-10-6-8-12-22(20-27)25(34)29(4-2)16-18-31/h5-8,11-12,23,30-32H,3-4,9-10,13-18H2,1-2H3/b7-5+,8-6+,21-11+,22-12+. The molecule has 0 aromatic carbocycles. The normalized spacial score (nSPS) is 13.0. The molecule has 2 amide bonds. The van der Waals surface area contributed by atoms with Crippen LogP contribution in [0.1, 0.15) is 39.5 Å². The van der Waals surface area contributed by atoms with Crippen molar-refractivity contribution in [2.75, 3.05) is 39.4 Å². The first-order chi connectivity index (χ1) is 16.4. The molecule has 0 aromatic heterocycles. The topological polar surface area (TPSA) is 149 Å². The van der Waals surface area contributed by atoms with Gasteiger partial charge in [-0.05, 0) is 51.7 Å². The van der Waals surface area contributed by atoms with Crippen molar-refractivity contribution < 1.29 is 24.9 Å². The molecular weight excluding hydrogens is 436 g/mol. The van der Waals surface area contributed by atoms with Gasteiger partial charge in [-0.25, -0.2) is 0 Å². The molecule has 0 saturated carbocycles. The van der Waals surface area contributed by atoms with E-state index in [1.54, 1.807) is 38.2 Å². The van der Waals surface area contributed by atoms with Gasteiger partial charge in [0.25, 0.3) is 11.8 Å². The van der Waals surface area contributed by atoms with Gasteiger partial charge in [-0.2, -0.15) is 10.5 Å². The van der Waals surface area contributed by atoms with Crippen LogP contribution in [0, 0.1) is 22.7 Å². The van der Waals surface area contributed by atoms with Gasteiger partial charge in [0.05, 0.1) is 19.3 Å². The van der Waals surface area contributed by atoms with Crippen LogP contribution in [-0.2, 0) is 9.59 Å². The molecular formula is C25H36N4O5. The highest BCUT2D eigenvalue weighted by Crippen LogP contribution is 2.08. The summed E-state index contributed by atoms with van der Waals surface area (Å²) in [4.78, 5) is 27.2. The first-order valence-corrected chi connectivity index (χ1v) is 11.4. The lowest BCUT2D eigenvalue weighted by Crippen LogP contribution is -2.34. The molecule has 0 radical (unpaired) electrons. The van der Waals surface area contributed by atoms with E-state index < -0.39 is 17.9 Å². The lowest BCUT2D eigenvalue weighted by atomic mass is 10.1. The fraction of sp³-hybridized carbons (Fsp3) is 0.520. The number of aliphatic hydroxyl groups is 3. The molecule has 0 aliphatic rings. The zero-order chi connectivity index (χ0) is 25.8. The van der Waals surface area contributed by atoms with Gasteiger partial charge in [0, 0.05) is 26.2 Å². The van der Waals surface area contributed by atoms with Crippen molar-refractivity contribution in [3.63, 3.8) is 0 Å². The SMILES string of the molecule is CCN(CCO)C(=O)/C(C#N)=C/C=C/CCC(O)CC/C=C/C=C(\C#N)C(=O)N(CC)CCO.